The summed E-state index contributed by atoms with van der Waals surface area (Å²) in [6.45, 7) is 0.664. The van der Waals surface area contributed by atoms with E-state index < -0.39 is 5.79 Å². The standard InChI is InChI=1S/C12H17NO3/c13-6-2-10-1-5-12(9-10)15-8-4-11(16-12)3-7-14/h7,10-11H,1-5,8-9H2/t10-,11?,12+/m0/s1. The highest BCUT2D eigenvalue weighted by atomic mass is 16.7. The number of hydrogen-bond acceptors (Lipinski definition) is 4. The van der Waals surface area contributed by atoms with Crippen LogP contribution in [0.5, 0.6) is 0 Å². The number of carbonyl (C=O) groups excluding carboxylic acids is 1. The molecule has 0 aromatic rings. The molecule has 2 rings (SSSR count). The normalized spacial score (nSPS) is 38.4. The SMILES string of the molecule is N#CC[C@@H]1CC[C@@]2(C1)OCCC(CC=O)O2. The topological polar surface area (TPSA) is 59.3 Å². The molecule has 1 saturated carbocycles. The second-order valence-electron chi connectivity index (χ2n) is 4.66. The minimum Gasteiger partial charge on any atom is -0.350 e. The Hall–Kier alpha value is -0.920. The van der Waals surface area contributed by atoms with E-state index >= 15 is 0 Å². The van der Waals surface area contributed by atoms with Crippen LogP contribution in [0.15, 0.2) is 0 Å². The molecule has 0 bridgehead atoms. The lowest BCUT2D eigenvalue weighted by Gasteiger charge is -2.38. The van der Waals surface area contributed by atoms with Crippen molar-refractivity contribution in [2.24, 2.45) is 5.92 Å². The lowest BCUT2D eigenvalue weighted by molar-refractivity contribution is -0.289. The lowest BCUT2D eigenvalue weighted by Crippen LogP contribution is -2.43. The number of hydrogen-bond donors (Lipinski definition) is 0. The molecule has 88 valence electrons. The van der Waals surface area contributed by atoms with Crippen molar-refractivity contribution >= 4 is 6.29 Å². The molecule has 2 aliphatic rings. The molecule has 0 radical (unpaired) electrons. The highest BCUT2D eigenvalue weighted by Gasteiger charge is 2.44. The predicted molar refractivity (Wildman–Crippen MR) is 56.4 cm³/mol. The summed E-state index contributed by atoms with van der Waals surface area (Å²) in [6, 6.07) is 2.20. The van der Waals surface area contributed by atoms with Crippen LogP contribution in [-0.4, -0.2) is 24.8 Å². The fourth-order valence-electron chi connectivity index (χ4n) is 2.66. The Labute approximate surface area is 95.5 Å². The van der Waals surface area contributed by atoms with Gasteiger partial charge in [-0.2, -0.15) is 5.26 Å². The molecular weight excluding hydrogens is 206 g/mol. The Morgan fingerprint density at radius 3 is 3.12 bits per heavy atom. The van der Waals surface area contributed by atoms with Gasteiger partial charge in [0, 0.05) is 25.7 Å². The zero-order valence-corrected chi connectivity index (χ0v) is 9.35. The molecule has 2 fully saturated rings. The minimum absolute atomic E-state index is 0.00656. The van der Waals surface area contributed by atoms with Crippen LogP contribution in [0.2, 0.25) is 0 Å². The molecule has 4 heteroatoms. The molecule has 1 unspecified atom stereocenters. The Bertz CT molecular complexity index is 299. The van der Waals surface area contributed by atoms with Gasteiger partial charge in [-0.1, -0.05) is 0 Å². The summed E-state index contributed by atoms with van der Waals surface area (Å²) in [5, 5.41) is 8.67. The van der Waals surface area contributed by atoms with Gasteiger partial charge >= 0.3 is 0 Å². The smallest absolute Gasteiger partial charge is 0.168 e. The summed E-state index contributed by atoms with van der Waals surface area (Å²) in [5.41, 5.74) is 0. The summed E-state index contributed by atoms with van der Waals surface area (Å²) >= 11 is 0. The first-order chi connectivity index (χ1) is 7.78. The Kier molecular flexibility index (Phi) is 3.57. The molecular formula is C12H17NO3. The van der Waals surface area contributed by atoms with E-state index in [-0.39, 0.29) is 6.10 Å². The number of ether oxygens (including phenoxy) is 2. The molecule has 0 amide bonds. The average Bonchev–Trinajstić information content (AvgIpc) is 2.63. The molecule has 16 heavy (non-hydrogen) atoms. The van der Waals surface area contributed by atoms with Gasteiger partial charge in [-0.05, 0) is 18.8 Å². The summed E-state index contributed by atoms with van der Waals surface area (Å²) in [7, 11) is 0. The summed E-state index contributed by atoms with van der Waals surface area (Å²) < 4.78 is 11.6. The maximum absolute atomic E-state index is 10.5. The molecule has 0 aromatic heterocycles. The van der Waals surface area contributed by atoms with Crippen LogP contribution >= 0.6 is 0 Å². The van der Waals surface area contributed by atoms with E-state index in [2.05, 4.69) is 6.07 Å². The number of nitriles is 1. The maximum atomic E-state index is 10.5. The fourth-order valence-corrected chi connectivity index (χ4v) is 2.66. The van der Waals surface area contributed by atoms with Crippen LogP contribution in [0.4, 0.5) is 0 Å². The maximum Gasteiger partial charge on any atom is 0.168 e. The van der Waals surface area contributed by atoms with Crippen LogP contribution in [0, 0.1) is 17.2 Å². The van der Waals surface area contributed by atoms with Gasteiger partial charge in [0.05, 0.1) is 18.8 Å². The van der Waals surface area contributed by atoms with Gasteiger partial charge in [0.1, 0.15) is 6.29 Å². The molecule has 4 nitrogen and oxygen atoms in total. The highest BCUT2D eigenvalue weighted by molar-refractivity contribution is 5.50. The van der Waals surface area contributed by atoms with E-state index in [1.54, 1.807) is 0 Å². The van der Waals surface area contributed by atoms with E-state index in [0.29, 0.717) is 25.4 Å². The van der Waals surface area contributed by atoms with Gasteiger partial charge in [0.15, 0.2) is 5.79 Å². The van der Waals surface area contributed by atoms with Crippen molar-refractivity contribution in [3.8, 4) is 6.07 Å². The van der Waals surface area contributed by atoms with Gasteiger partial charge in [0.25, 0.3) is 0 Å². The number of rotatable bonds is 3. The Balaban J connectivity index is 1.93. The predicted octanol–water partition coefficient (Wildman–Crippen LogP) is 1.79. The zero-order chi connectivity index (χ0) is 11.4. The lowest BCUT2D eigenvalue weighted by atomic mass is 10.0. The Morgan fingerprint density at radius 2 is 2.38 bits per heavy atom. The zero-order valence-electron chi connectivity index (χ0n) is 9.35. The van der Waals surface area contributed by atoms with E-state index in [4.69, 9.17) is 14.7 Å². The number of nitrogens with zero attached hydrogens (tertiary/aromatic N) is 1. The molecule has 3 atom stereocenters. The van der Waals surface area contributed by atoms with Gasteiger partial charge in [-0.25, -0.2) is 0 Å². The van der Waals surface area contributed by atoms with Crippen molar-refractivity contribution in [1.29, 1.82) is 5.26 Å². The quantitative estimate of drug-likeness (QED) is 0.684. The monoisotopic (exact) mass is 223 g/mol. The largest absolute Gasteiger partial charge is 0.350 e. The molecule has 1 saturated heterocycles. The van der Waals surface area contributed by atoms with Crippen LogP contribution in [0.1, 0.15) is 38.5 Å². The third-order valence-electron chi connectivity index (χ3n) is 3.46. The van der Waals surface area contributed by atoms with Gasteiger partial charge in [-0.3, -0.25) is 0 Å². The first-order valence-electron chi connectivity index (χ1n) is 5.90. The van der Waals surface area contributed by atoms with Crippen LogP contribution in [-0.2, 0) is 14.3 Å². The third kappa shape index (κ3) is 2.42. The van der Waals surface area contributed by atoms with E-state index in [9.17, 15) is 4.79 Å². The van der Waals surface area contributed by atoms with Crippen molar-refractivity contribution < 1.29 is 14.3 Å². The van der Waals surface area contributed by atoms with Gasteiger partial charge in [0.2, 0.25) is 0 Å². The first-order valence-corrected chi connectivity index (χ1v) is 5.90. The average molecular weight is 223 g/mol. The van der Waals surface area contributed by atoms with Crippen molar-refractivity contribution in [2.75, 3.05) is 6.61 Å². The summed E-state index contributed by atoms with van der Waals surface area (Å²) in [4.78, 5) is 10.5. The van der Waals surface area contributed by atoms with E-state index in [1.165, 1.54) is 0 Å². The molecule has 1 heterocycles. The number of carbonyl (C=O) groups is 1. The van der Waals surface area contributed by atoms with Crippen molar-refractivity contribution in [1.82, 2.24) is 0 Å². The Morgan fingerprint density at radius 1 is 1.50 bits per heavy atom. The molecule has 1 aliphatic heterocycles. The molecule has 1 aliphatic carbocycles. The van der Waals surface area contributed by atoms with Crippen molar-refractivity contribution in [3.63, 3.8) is 0 Å². The van der Waals surface area contributed by atoms with E-state index in [1.807, 2.05) is 0 Å². The van der Waals surface area contributed by atoms with Crippen LogP contribution in [0.25, 0.3) is 0 Å². The van der Waals surface area contributed by atoms with Crippen molar-refractivity contribution in [2.45, 2.75) is 50.4 Å². The van der Waals surface area contributed by atoms with Crippen LogP contribution < -0.4 is 0 Å². The third-order valence-corrected chi connectivity index (χ3v) is 3.46. The molecule has 0 N–H and O–H groups in total. The summed E-state index contributed by atoms with van der Waals surface area (Å²) in [6.07, 6.45) is 5.38. The van der Waals surface area contributed by atoms with Gasteiger partial charge in [-0.15, -0.1) is 0 Å². The van der Waals surface area contributed by atoms with Crippen LogP contribution in [0.3, 0.4) is 0 Å². The molecule has 0 aromatic carbocycles. The summed E-state index contributed by atoms with van der Waals surface area (Å²) in [5.74, 6) is -0.104. The van der Waals surface area contributed by atoms with Gasteiger partial charge < -0.3 is 14.3 Å². The van der Waals surface area contributed by atoms with E-state index in [0.717, 1.165) is 32.0 Å². The highest BCUT2D eigenvalue weighted by Crippen LogP contribution is 2.43. The number of aldehydes is 1. The van der Waals surface area contributed by atoms with Crippen molar-refractivity contribution in [3.05, 3.63) is 0 Å². The second-order valence-corrected chi connectivity index (χ2v) is 4.66. The minimum atomic E-state index is -0.493. The first kappa shape index (κ1) is 11.6. The fraction of sp³-hybridized carbons (Fsp3) is 0.833. The second kappa shape index (κ2) is 4.94. The molecule has 1 spiro atoms.